The molecule has 0 spiro atoms. The monoisotopic (exact) mass is 521 g/mol. The maximum absolute atomic E-state index is 13.5. The van der Waals surface area contributed by atoms with Crippen LogP contribution in [0.2, 0.25) is 0 Å². The molecule has 2 aromatic carbocycles. The third-order valence-electron chi connectivity index (χ3n) is 6.81. The fourth-order valence-corrected chi connectivity index (χ4v) is 4.74. The van der Waals surface area contributed by atoms with E-state index in [2.05, 4.69) is 10.3 Å². The Bertz CT molecular complexity index is 1180. The van der Waals surface area contributed by atoms with E-state index in [1.807, 2.05) is 60.8 Å². The highest BCUT2D eigenvalue weighted by Crippen LogP contribution is 2.23. The lowest BCUT2D eigenvalue weighted by atomic mass is 9.90. The van der Waals surface area contributed by atoms with E-state index in [1.54, 1.807) is 6.92 Å². The summed E-state index contributed by atoms with van der Waals surface area (Å²) in [6, 6.07) is 16.2. The number of hydrogen-bond donors (Lipinski definition) is 4. The van der Waals surface area contributed by atoms with E-state index >= 15 is 0 Å². The lowest BCUT2D eigenvalue weighted by molar-refractivity contribution is -0.147. The Morgan fingerprint density at radius 1 is 1.00 bits per heavy atom. The summed E-state index contributed by atoms with van der Waals surface area (Å²) in [5.74, 6) is -2.53. The van der Waals surface area contributed by atoms with Crippen molar-refractivity contribution in [1.29, 1.82) is 0 Å². The number of hydrogen-bond acceptors (Lipinski definition) is 6. The zero-order valence-electron chi connectivity index (χ0n) is 22.0. The van der Waals surface area contributed by atoms with E-state index in [9.17, 15) is 19.5 Å². The molecule has 8 nitrogen and oxygen atoms in total. The maximum Gasteiger partial charge on any atom is 0.323 e. The van der Waals surface area contributed by atoms with Crippen molar-refractivity contribution >= 4 is 28.6 Å². The predicted molar refractivity (Wildman–Crippen MR) is 148 cm³/mol. The first kappa shape index (κ1) is 29.1. The minimum atomic E-state index is -1.02. The third kappa shape index (κ3) is 8.53. The number of carbonyl (C=O) groups is 3. The number of aryl methyl sites for hydroxylation is 1. The van der Waals surface area contributed by atoms with Gasteiger partial charge in [0, 0.05) is 23.5 Å². The fraction of sp³-hybridized carbons (Fsp3) is 0.433. The first-order valence-corrected chi connectivity index (χ1v) is 13.4. The highest BCUT2D eigenvalue weighted by Gasteiger charge is 2.30. The number of aromatic amines is 1. The van der Waals surface area contributed by atoms with Crippen LogP contribution < -0.4 is 11.1 Å². The Kier molecular flexibility index (Phi) is 11.5. The number of carboxylic acids is 1. The van der Waals surface area contributed by atoms with Crippen molar-refractivity contribution in [2.24, 2.45) is 11.7 Å². The van der Waals surface area contributed by atoms with Gasteiger partial charge in [-0.25, -0.2) is 0 Å². The molecule has 0 amide bonds. The van der Waals surface area contributed by atoms with E-state index in [0.29, 0.717) is 32.2 Å². The van der Waals surface area contributed by atoms with Crippen molar-refractivity contribution in [3.63, 3.8) is 0 Å². The van der Waals surface area contributed by atoms with E-state index < -0.39 is 29.9 Å². The molecule has 1 aromatic heterocycles. The van der Waals surface area contributed by atoms with Crippen LogP contribution in [0, 0.1) is 5.92 Å². The predicted octanol–water partition coefficient (Wildman–Crippen LogP) is 4.02. The lowest BCUT2D eigenvalue weighted by Gasteiger charge is -2.25. The first-order valence-electron chi connectivity index (χ1n) is 13.4. The number of nitrogens with one attached hydrogen (secondary N) is 2. The van der Waals surface area contributed by atoms with E-state index in [4.69, 9.17) is 10.5 Å². The number of ether oxygens (including phenoxy) is 1. The molecule has 3 atom stereocenters. The van der Waals surface area contributed by atoms with Crippen LogP contribution in [0.3, 0.4) is 0 Å². The summed E-state index contributed by atoms with van der Waals surface area (Å²) >= 11 is 0. The van der Waals surface area contributed by atoms with Crippen LogP contribution in [0.5, 0.6) is 0 Å². The van der Waals surface area contributed by atoms with Gasteiger partial charge in [-0.3, -0.25) is 19.7 Å². The van der Waals surface area contributed by atoms with Gasteiger partial charge < -0.3 is 20.6 Å². The number of benzene rings is 2. The minimum absolute atomic E-state index is 0.136. The summed E-state index contributed by atoms with van der Waals surface area (Å²) in [5.41, 5.74) is 8.54. The number of rotatable bonds is 17. The molecule has 1 unspecified atom stereocenters. The van der Waals surface area contributed by atoms with Crippen molar-refractivity contribution in [2.45, 2.75) is 64.0 Å². The van der Waals surface area contributed by atoms with Gasteiger partial charge in [0.1, 0.15) is 6.04 Å². The maximum atomic E-state index is 13.5. The number of nitrogens with two attached hydrogens (primary N) is 1. The van der Waals surface area contributed by atoms with Gasteiger partial charge in [-0.1, -0.05) is 55.0 Å². The SMILES string of the molecule is CCOC(=O)C(CCc1ccccc1)N[C@@H](CCCCN)C(=O)C[C@@H](Cc1c[nH]c2ccccc12)C(=O)O. The van der Waals surface area contributed by atoms with Crippen molar-refractivity contribution in [3.05, 3.63) is 71.9 Å². The number of aromatic nitrogens is 1. The van der Waals surface area contributed by atoms with Gasteiger partial charge >= 0.3 is 11.9 Å². The van der Waals surface area contributed by atoms with Crippen LogP contribution in [0.1, 0.15) is 50.2 Å². The molecule has 0 aliphatic rings. The number of fused-ring (bicyclic) bond motifs is 1. The number of esters is 1. The van der Waals surface area contributed by atoms with Crippen molar-refractivity contribution in [2.75, 3.05) is 13.2 Å². The van der Waals surface area contributed by atoms with Crippen LogP contribution >= 0.6 is 0 Å². The number of unbranched alkanes of at least 4 members (excludes halogenated alkanes) is 1. The van der Waals surface area contributed by atoms with Crippen molar-refractivity contribution in [3.8, 4) is 0 Å². The number of ketones is 1. The van der Waals surface area contributed by atoms with Crippen LogP contribution in [-0.4, -0.2) is 53.0 Å². The quantitative estimate of drug-likeness (QED) is 0.156. The molecule has 8 heteroatoms. The summed E-state index contributed by atoms with van der Waals surface area (Å²) in [4.78, 5) is 41.7. The van der Waals surface area contributed by atoms with Gasteiger partial charge in [0.15, 0.2) is 5.78 Å². The molecule has 0 radical (unpaired) electrons. The molecule has 5 N–H and O–H groups in total. The second-order valence-corrected chi connectivity index (χ2v) is 9.60. The van der Waals surface area contributed by atoms with E-state index in [-0.39, 0.29) is 25.2 Å². The zero-order valence-corrected chi connectivity index (χ0v) is 22.0. The number of carboxylic acid groups (broad SMARTS) is 1. The molecule has 0 aliphatic carbocycles. The molecule has 1 heterocycles. The Labute approximate surface area is 224 Å². The van der Waals surface area contributed by atoms with E-state index in [0.717, 1.165) is 28.5 Å². The number of H-pyrrole nitrogens is 1. The summed E-state index contributed by atoms with van der Waals surface area (Å²) in [6.07, 6.45) is 4.89. The summed E-state index contributed by atoms with van der Waals surface area (Å²) in [6.45, 7) is 2.48. The van der Waals surface area contributed by atoms with Gasteiger partial charge in [-0.2, -0.15) is 0 Å². The summed E-state index contributed by atoms with van der Waals surface area (Å²) < 4.78 is 5.30. The molecular weight excluding hydrogens is 482 g/mol. The summed E-state index contributed by atoms with van der Waals surface area (Å²) in [7, 11) is 0. The Morgan fingerprint density at radius 3 is 2.45 bits per heavy atom. The third-order valence-corrected chi connectivity index (χ3v) is 6.81. The molecule has 0 saturated carbocycles. The van der Waals surface area contributed by atoms with E-state index in [1.165, 1.54) is 0 Å². The summed E-state index contributed by atoms with van der Waals surface area (Å²) in [5, 5.41) is 14.2. The normalized spacial score (nSPS) is 13.6. The molecule has 0 bridgehead atoms. The van der Waals surface area contributed by atoms with Crippen molar-refractivity contribution in [1.82, 2.24) is 10.3 Å². The molecule has 0 aliphatic heterocycles. The average Bonchev–Trinajstić information content (AvgIpc) is 3.33. The smallest absolute Gasteiger partial charge is 0.323 e. The lowest BCUT2D eigenvalue weighted by Crippen LogP contribution is -2.48. The number of carbonyl (C=O) groups excluding carboxylic acids is 2. The molecule has 3 aromatic rings. The first-order chi connectivity index (χ1) is 18.4. The Hall–Kier alpha value is -3.49. The molecule has 0 fully saturated rings. The van der Waals surface area contributed by atoms with Gasteiger partial charge in [-0.05, 0) is 62.8 Å². The minimum Gasteiger partial charge on any atom is -0.481 e. The van der Waals surface area contributed by atoms with Crippen molar-refractivity contribution < 1.29 is 24.2 Å². The Morgan fingerprint density at radius 2 is 1.74 bits per heavy atom. The molecule has 38 heavy (non-hydrogen) atoms. The molecule has 3 rings (SSSR count). The van der Waals surface area contributed by atoms with Gasteiger partial charge in [0.25, 0.3) is 0 Å². The second-order valence-electron chi connectivity index (χ2n) is 9.60. The number of para-hydroxylation sites is 1. The zero-order chi connectivity index (χ0) is 27.3. The molecule has 0 saturated heterocycles. The number of Topliss-reactive ketones (excluding diaryl/α,β-unsaturated/α-hetero) is 1. The van der Waals surface area contributed by atoms with Crippen LogP contribution in [0.4, 0.5) is 0 Å². The largest absolute Gasteiger partial charge is 0.481 e. The molecular formula is C30H39N3O5. The highest BCUT2D eigenvalue weighted by atomic mass is 16.5. The van der Waals surface area contributed by atoms with Gasteiger partial charge in [0.2, 0.25) is 0 Å². The number of aliphatic carboxylic acids is 1. The van der Waals surface area contributed by atoms with Gasteiger partial charge in [0.05, 0.1) is 18.6 Å². The standard InChI is InChI=1S/C30H39N3O5/c1-2-38-30(37)27(16-15-21-10-4-3-5-11-21)33-26(14-8-9-17-31)28(34)19-22(29(35)36)18-23-20-32-25-13-7-6-12-24(23)25/h3-7,10-13,20,22,26-27,32-33H,2,8-9,14-19,31H2,1H3,(H,35,36)/t22-,26+,27?/m1/s1. The topological polar surface area (TPSA) is 135 Å². The van der Waals surface area contributed by atoms with Crippen LogP contribution in [0.25, 0.3) is 10.9 Å². The van der Waals surface area contributed by atoms with Crippen LogP contribution in [-0.2, 0) is 32.0 Å². The second kappa shape index (κ2) is 15.1. The molecule has 204 valence electrons. The average molecular weight is 522 g/mol. The fourth-order valence-electron chi connectivity index (χ4n) is 4.74. The Balaban J connectivity index is 1.74. The van der Waals surface area contributed by atoms with Gasteiger partial charge in [-0.15, -0.1) is 0 Å². The van der Waals surface area contributed by atoms with Crippen LogP contribution in [0.15, 0.2) is 60.8 Å². The highest BCUT2D eigenvalue weighted by molar-refractivity contribution is 5.89.